The standard InChI is InChI=1S/C16H19N5OS/c1-20(2)16-18-9-14(23-16)11-21(3)10-13-8-15(19-22-13)12-4-6-17-7-5-12/h4-9H,10-11H2,1-3H3. The van der Waals surface area contributed by atoms with Gasteiger partial charge in [0.05, 0.1) is 6.54 Å². The topological polar surface area (TPSA) is 58.3 Å². The van der Waals surface area contributed by atoms with Gasteiger partial charge >= 0.3 is 0 Å². The fraction of sp³-hybridized carbons (Fsp3) is 0.312. The van der Waals surface area contributed by atoms with Crippen LogP contribution >= 0.6 is 11.3 Å². The van der Waals surface area contributed by atoms with Gasteiger partial charge in [0.1, 0.15) is 5.69 Å². The molecule has 0 amide bonds. The van der Waals surface area contributed by atoms with E-state index in [4.69, 9.17) is 4.52 Å². The first-order chi connectivity index (χ1) is 11.1. The Morgan fingerprint density at radius 1 is 1.13 bits per heavy atom. The average Bonchev–Trinajstić information content (AvgIpc) is 3.18. The molecule has 0 aliphatic carbocycles. The highest BCUT2D eigenvalue weighted by molar-refractivity contribution is 7.15. The summed E-state index contributed by atoms with van der Waals surface area (Å²) in [7, 11) is 6.06. The summed E-state index contributed by atoms with van der Waals surface area (Å²) < 4.78 is 5.44. The summed E-state index contributed by atoms with van der Waals surface area (Å²) in [5.74, 6) is 0.844. The molecule has 0 aliphatic heterocycles. The van der Waals surface area contributed by atoms with Gasteiger partial charge in [0, 0.05) is 55.7 Å². The van der Waals surface area contributed by atoms with Crippen LogP contribution in [0.4, 0.5) is 5.13 Å². The van der Waals surface area contributed by atoms with Crippen molar-refractivity contribution in [1.82, 2.24) is 20.0 Å². The van der Waals surface area contributed by atoms with E-state index in [9.17, 15) is 0 Å². The number of pyridine rings is 1. The van der Waals surface area contributed by atoms with Crippen molar-refractivity contribution in [2.24, 2.45) is 0 Å². The van der Waals surface area contributed by atoms with Gasteiger partial charge in [-0.2, -0.15) is 0 Å². The van der Waals surface area contributed by atoms with Crippen LogP contribution in [0.1, 0.15) is 10.6 Å². The number of hydrogen-bond donors (Lipinski definition) is 0. The van der Waals surface area contributed by atoms with Crippen molar-refractivity contribution in [2.45, 2.75) is 13.1 Å². The molecular weight excluding hydrogens is 310 g/mol. The molecule has 3 aromatic rings. The van der Waals surface area contributed by atoms with Crippen molar-refractivity contribution < 1.29 is 4.52 Å². The quantitative estimate of drug-likeness (QED) is 0.693. The summed E-state index contributed by atoms with van der Waals surface area (Å²) >= 11 is 1.70. The van der Waals surface area contributed by atoms with Crippen LogP contribution in [-0.4, -0.2) is 41.2 Å². The van der Waals surface area contributed by atoms with Gasteiger partial charge in [-0.3, -0.25) is 9.88 Å². The molecule has 0 radical (unpaired) electrons. The van der Waals surface area contributed by atoms with Crippen LogP contribution < -0.4 is 4.90 Å². The zero-order chi connectivity index (χ0) is 16.2. The second-order valence-electron chi connectivity index (χ2n) is 5.59. The van der Waals surface area contributed by atoms with Crippen LogP contribution in [0.3, 0.4) is 0 Å². The van der Waals surface area contributed by atoms with Crippen LogP contribution in [0.15, 0.2) is 41.3 Å². The summed E-state index contributed by atoms with van der Waals surface area (Å²) in [4.78, 5) is 13.8. The largest absolute Gasteiger partial charge is 0.359 e. The molecule has 0 saturated carbocycles. The molecule has 0 aromatic carbocycles. The minimum Gasteiger partial charge on any atom is -0.359 e. The van der Waals surface area contributed by atoms with E-state index in [0.29, 0.717) is 6.54 Å². The number of aromatic nitrogens is 3. The third-order valence-corrected chi connectivity index (χ3v) is 4.46. The maximum absolute atomic E-state index is 5.44. The van der Waals surface area contributed by atoms with Crippen LogP contribution in [-0.2, 0) is 13.1 Å². The smallest absolute Gasteiger partial charge is 0.185 e. The zero-order valence-electron chi connectivity index (χ0n) is 13.4. The predicted octanol–water partition coefficient (Wildman–Crippen LogP) is 2.89. The van der Waals surface area contributed by atoms with E-state index in [2.05, 4.69) is 27.1 Å². The first-order valence-corrected chi connectivity index (χ1v) is 8.10. The Balaban J connectivity index is 1.61. The van der Waals surface area contributed by atoms with Gasteiger partial charge < -0.3 is 9.42 Å². The van der Waals surface area contributed by atoms with Crippen molar-refractivity contribution in [3.8, 4) is 11.3 Å². The second-order valence-corrected chi connectivity index (χ2v) is 6.68. The number of anilines is 1. The highest BCUT2D eigenvalue weighted by Crippen LogP contribution is 2.23. The summed E-state index contributed by atoms with van der Waals surface area (Å²) in [5, 5.41) is 5.15. The lowest BCUT2D eigenvalue weighted by Gasteiger charge is -2.12. The number of nitrogens with zero attached hydrogens (tertiary/aromatic N) is 5. The van der Waals surface area contributed by atoms with Gasteiger partial charge in [-0.15, -0.1) is 11.3 Å². The second kappa shape index (κ2) is 6.89. The Morgan fingerprint density at radius 2 is 1.91 bits per heavy atom. The highest BCUT2D eigenvalue weighted by atomic mass is 32.1. The Hall–Kier alpha value is -2.25. The van der Waals surface area contributed by atoms with Crippen molar-refractivity contribution in [3.63, 3.8) is 0 Å². The normalized spacial score (nSPS) is 11.1. The zero-order valence-corrected chi connectivity index (χ0v) is 14.2. The van der Waals surface area contributed by atoms with Crippen LogP contribution in [0, 0.1) is 0 Å². The summed E-state index contributed by atoms with van der Waals surface area (Å²) in [6.07, 6.45) is 5.43. The third kappa shape index (κ3) is 3.94. The van der Waals surface area contributed by atoms with Crippen molar-refractivity contribution in [1.29, 1.82) is 0 Å². The fourth-order valence-electron chi connectivity index (χ4n) is 2.21. The van der Waals surface area contributed by atoms with E-state index in [0.717, 1.165) is 28.7 Å². The lowest BCUT2D eigenvalue weighted by molar-refractivity contribution is 0.268. The number of rotatable bonds is 6. The number of thiazole rings is 1. The Kier molecular flexibility index (Phi) is 4.68. The molecule has 3 aromatic heterocycles. The molecule has 6 nitrogen and oxygen atoms in total. The van der Waals surface area contributed by atoms with Crippen molar-refractivity contribution >= 4 is 16.5 Å². The molecule has 7 heteroatoms. The Morgan fingerprint density at radius 3 is 2.61 bits per heavy atom. The molecule has 120 valence electrons. The Bertz CT molecular complexity index is 753. The minimum absolute atomic E-state index is 0.702. The van der Waals surface area contributed by atoms with E-state index >= 15 is 0 Å². The van der Waals surface area contributed by atoms with Gasteiger partial charge in [-0.05, 0) is 19.2 Å². The SMILES string of the molecule is CN(Cc1cc(-c2ccncc2)no1)Cc1cnc(N(C)C)s1. The number of hydrogen-bond acceptors (Lipinski definition) is 7. The molecule has 3 rings (SSSR count). The minimum atomic E-state index is 0.702. The monoisotopic (exact) mass is 329 g/mol. The molecule has 0 fully saturated rings. The molecule has 0 spiro atoms. The van der Waals surface area contributed by atoms with E-state index < -0.39 is 0 Å². The maximum atomic E-state index is 5.44. The van der Waals surface area contributed by atoms with E-state index in [1.807, 2.05) is 43.4 Å². The molecule has 0 atom stereocenters. The molecule has 3 heterocycles. The molecule has 23 heavy (non-hydrogen) atoms. The van der Waals surface area contributed by atoms with E-state index in [1.165, 1.54) is 4.88 Å². The Labute approximate surface area is 139 Å². The van der Waals surface area contributed by atoms with Crippen LogP contribution in [0.25, 0.3) is 11.3 Å². The molecule has 0 saturated heterocycles. The van der Waals surface area contributed by atoms with Gasteiger partial charge in [0.2, 0.25) is 0 Å². The lowest BCUT2D eigenvalue weighted by atomic mass is 10.2. The van der Waals surface area contributed by atoms with Gasteiger partial charge in [0.15, 0.2) is 10.9 Å². The molecule has 0 aliphatic rings. The van der Waals surface area contributed by atoms with Gasteiger partial charge in [0.25, 0.3) is 0 Å². The van der Waals surface area contributed by atoms with Crippen LogP contribution in [0.5, 0.6) is 0 Å². The van der Waals surface area contributed by atoms with E-state index in [1.54, 1.807) is 23.7 Å². The summed E-state index contributed by atoms with van der Waals surface area (Å²) in [6, 6.07) is 5.82. The van der Waals surface area contributed by atoms with Crippen molar-refractivity contribution in [3.05, 3.63) is 47.4 Å². The van der Waals surface area contributed by atoms with E-state index in [-0.39, 0.29) is 0 Å². The first kappa shape index (κ1) is 15.6. The van der Waals surface area contributed by atoms with Gasteiger partial charge in [-0.1, -0.05) is 5.16 Å². The lowest BCUT2D eigenvalue weighted by Crippen LogP contribution is -2.16. The van der Waals surface area contributed by atoms with Crippen LogP contribution in [0.2, 0.25) is 0 Å². The third-order valence-electron chi connectivity index (χ3n) is 3.31. The molecule has 0 bridgehead atoms. The predicted molar refractivity (Wildman–Crippen MR) is 91.3 cm³/mol. The molecular formula is C16H19N5OS. The molecule has 0 unspecified atom stereocenters. The maximum Gasteiger partial charge on any atom is 0.185 e. The summed E-state index contributed by atoms with van der Waals surface area (Å²) in [5.41, 5.74) is 1.85. The summed E-state index contributed by atoms with van der Waals surface area (Å²) in [6.45, 7) is 1.53. The highest BCUT2D eigenvalue weighted by Gasteiger charge is 2.11. The van der Waals surface area contributed by atoms with Crippen molar-refractivity contribution in [2.75, 3.05) is 26.0 Å². The first-order valence-electron chi connectivity index (χ1n) is 7.28. The van der Waals surface area contributed by atoms with Gasteiger partial charge in [-0.25, -0.2) is 4.98 Å². The molecule has 0 N–H and O–H groups in total. The average molecular weight is 329 g/mol. The fourth-order valence-corrected chi connectivity index (χ4v) is 3.12.